The summed E-state index contributed by atoms with van der Waals surface area (Å²) in [5.74, 6) is -1.73. The van der Waals surface area contributed by atoms with Gasteiger partial charge in [0.1, 0.15) is 46.5 Å². The molecule has 1 aliphatic carbocycles. The fraction of sp³-hybridized carbons (Fsp3) is 0.653. The molecule has 0 aromatic heterocycles. The van der Waals surface area contributed by atoms with Crippen molar-refractivity contribution >= 4 is 70.5 Å². The van der Waals surface area contributed by atoms with Crippen LogP contribution in [0.4, 0.5) is 10.5 Å². The number of hydrogen-bond donors (Lipinski definition) is 2. The van der Waals surface area contributed by atoms with Crippen LogP contribution in [0.3, 0.4) is 0 Å². The molecule has 9 atom stereocenters. The first-order valence-electron chi connectivity index (χ1n) is 23.5. The van der Waals surface area contributed by atoms with Crippen molar-refractivity contribution in [1.82, 2.24) is 15.1 Å². The quantitative estimate of drug-likeness (QED) is 0.141. The van der Waals surface area contributed by atoms with Gasteiger partial charge in [0.25, 0.3) is 0 Å². The molecule has 0 radical (unpaired) electrons. The summed E-state index contributed by atoms with van der Waals surface area (Å²) < 4.78 is 29.4. The molecule has 1 unspecified atom stereocenters. The second-order valence-electron chi connectivity index (χ2n) is 19.1. The molecule has 0 spiro atoms. The first kappa shape index (κ1) is 52.9. The fourth-order valence-electron chi connectivity index (χ4n) is 9.87. The van der Waals surface area contributed by atoms with Crippen LogP contribution in [0.25, 0.3) is 0 Å². The predicted molar refractivity (Wildman–Crippen MR) is 254 cm³/mol. The van der Waals surface area contributed by atoms with Crippen LogP contribution in [-0.2, 0) is 54.1 Å². The topological polar surface area (TPSA) is 211 Å². The maximum atomic E-state index is 14.3. The van der Waals surface area contributed by atoms with Crippen molar-refractivity contribution in [1.29, 1.82) is 0 Å². The van der Waals surface area contributed by atoms with E-state index >= 15 is 0 Å². The molecule has 19 heteroatoms. The van der Waals surface area contributed by atoms with Gasteiger partial charge in [-0.2, -0.15) is 0 Å². The molecule has 5 amide bonds. The van der Waals surface area contributed by atoms with E-state index in [9.17, 15) is 38.7 Å². The Labute approximate surface area is 407 Å². The molecular weight excluding hydrogens is 920 g/mol. The van der Waals surface area contributed by atoms with Gasteiger partial charge >= 0.3 is 12.1 Å². The Bertz CT molecular complexity index is 2180. The second-order valence-corrected chi connectivity index (χ2v) is 20.8. The number of amides is 5. The zero-order valence-corrected chi connectivity index (χ0v) is 42.1. The van der Waals surface area contributed by atoms with Crippen molar-refractivity contribution in [3.05, 3.63) is 46.5 Å². The van der Waals surface area contributed by atoms with E-state index in [4.69, 9.17) is 35.3 Å². The molecule has 4 heterocycles. The number of benzene rings is 1. The lowest BCUT2D eigenvalue weighted by molar-refractivity contribution is -0.162. The first-order valence-corrected chi connectivity index (χ1v) is 24.9. The summed E-state index contributed by atoms with van der Waals surface area (Å²) in [6.07, 6.45) is 4.15. The number of ether oxygens (including phenoxy) is 5. The third-order valence-electron chi connectivity index (χ3n) is 14.5. The molecule has 1 aromatic carbocycles. The second kappa shape index (κ2) is 22.1. The molecule has 6 rings (SSSR count). The lowest BCUT2D eigenvalue weighted by Gasteiger charge is -2.42. The fourth-order valence-corrected chi connectivity index (χ4v) is 11.3. The van der Waals surface area contributed by atoms with Crippen LogP contribution in [0.1, 0.15) is 98.0 Å². The smallest absolute Gasteiger partial charge is 0.409 e. The Hall–Kier alpha value is -4.49. The Morgan fingerprint density at radius 1 is 1.09 bits per heavy atom. The minimum absolute atomic E-state index is 0.0288. The monoisotopic (exact) mass is 986 g/mol. The first-order chi connectivity index (χ1) is 32.1. The van der Waals surface area contributed by atoms with Crippen LogP contribution in [0.5, 0.6) is 5.75 Å². The Balaban J connectivity index is 1.15. The molecule has 1 aromatic rings. The number of carbonyl (C=O) groups is 7. The van der Waals surface area contributed by atoms with Crippen LogP contribution in [0.15, 0.2) is 35.9 Å². The lowest BCUT2D eigenvalue weighted by atomic mass is 9.79. The number of epoxide rings is 1. The summed E-state index contributed by atoms with van der Waals surface area (Å²) in [6, 6.07) is 2.43. The number of carbonyl (C=O) groups excluding carboxylic acids is 7. The number of nitrogens with one attached hydrogen (secondary N) is 1. The van der Waals surface area contributed by atoms with E-state index < -0.39 is 76.8 Å². The minimum atomic E-state index is -1.87. The number of hydrogen-bond acceptors (Lipinski definition) is 14. The highest BCUT2D eigenvalue weighted by atomic mass is 35.5. The van der Waals surface area contributed by atoms with Crippen molar-refractivity contribution < 1.29 is 62.4 Å². The van der Waals surface area contributed by atoms with Gasteiger partial charge in [0.15, 0.2) is 5.72 Å². The number of halogens is 1. The average Bonchev–Trinajstić information content (AvgIpc) is 3.94. The molecule has 4 aliphatic heterocycles. The number of imide groups is 1. The van der Waals surface area contributed by atoms with E-state index in [-0.39, 0.29) is 65.9 Å². The third kappa shape index (κ3) is 11.7. The molecule has 68 heavy (non-hydrogen) atoms. The van der Waals surface area contributed by atoms with Gasteiger partial charge in [0.2, 0.25) is 23.6 Å². The number of fused-ring (bicyclic) bond motifs is 5. The van der Waals surface area contributed by atoms with E-state index in [1.54, 1.807) is 45.2 Å². The van der Waals surface area contributed by atoms with Gasteiger partial charge in [-0.05, 0) is 76.5 Å². The number of nitrogens with zero attached hydrogens (tertiary/aromatic N) is 3. The van der Waals surface area contributed by atoms with Crippen LogP contribution in [0.2, 0.25) is 5.02 Å². The summed E-state index contributed by atoms with van der Waals surface area (Å²) in [7, 11) is 5.91. The maximum Gasteiger partial charge on any atom is 0.409 e. The number of thioether (sulfide) groups is 1. The zero-order chi connectivity index (χ0) is 49.8. The van der Waals surface area contributed by atoms with Gasteiger partial charge in [-0.15, -0.1) is 11.8 Å². The molecule has 1 saturated carbocycles. The van der Waals surface area contributed by atoms with Gasteiger partial charge in [0.05, 0.1) is 30.6 Å². The van der Waals surface area contributed by atoms with Crippen LogP contribution in [0, 0.1) is 17.8 Å². The molecule has 2 N–H and O–H groups in total. The summed E-state index contributed by atoms with van der Waals surface area (Å²) >= 11 is 8.04. The van der Waals surface area contributed by atoms with Crippen LogP contribution in [-0.4, -0.2) is 144 Å². The van der Waals surface area contributed by atoms with Crippen molar-refractivity contribution in [2.24, 2.45) is 17.8 Å². The van der Waals surface area contributed by atoms with E-state index in [0.717, 1.165) is 36.8 Å². The van der Waals surface area contributed by atoms with E-state index in [2.05, 4.69) is 5.32 Å². The molecule has 5 aliphatic rings. The number of ketones is 1. The van der Waals surface area contributed by atoms with Gasteiger partial charge < -0.3 is 38.6 Å². The Morgan fingerprint density at radius 2 is 1.79 bits per heavy atom. The zero-order valence-electron chi connectivity index (χ0n) is 40.5. The SMILES string of the molecule is CCC(=O)C1CCC(CN2C(=O)CC(SCCC(=O)N(C)[C@@H](C)C(=O)O[C@H]3CC(=O)N(C)c4cc(cc(OC)c4Cl)C/C(C)=C/C=C/[C@@H](OC)[C@@]4(O)C[C@H](OC(=O)N4)[C@@H](C)[C@@H]4O[C@]34C)C2=O)CC1. The number of rotatable bonds is 13. The van der Waals surface area contributed by atoms with Crippen LogP contribution >= 0.6 is 23.4 Å². The molecule has 4 fully saturated rings. The Morgan fingerprint density at radius 3 is 2.46 bits per heavy atom. The molecule has 374 valence electrons. The predicted octanol–water partition coefficient (Wildman–Crippen LogP) is 5.55. The number of likely N-dealkylation sites (N-methyl/N-ethyl adjacent to an activating group) is 1. The number of anilines is 1. The number of Topliss-reactive ketones (excluding diaryl/α,β-unsaturated/α-hetero) is 1. The van der Waals surface area contributed by atoms with E-state index in [1.807, 2.05) is 19.9 Å². The number of aliphatic hydroxyl groups is 1. The van der Waals surface area contributed by atoms with E-state index in [1.165, 1.54) is 54.7 Å². The summed E-state index contributed by atoms with van der Waals surface area (Å²) in [6.45, 7) is 9.09. The number of esters is 1. The number of allylic oxidation sites excluding steroid dienone is 3. The highest BCUT2D eigenvalue weighted by molar-refractivity contribution is 8.00. The highest BCUT2D eigenvalue weighted by Crippen LogP contribution is 2.49. The Kier molecular flexibility index (Phi) is 17.2. The third-order valence-corrected chi connectivity index (χ3v) is 16.0. The summed E-state index contributed by atoms with van der Waals surface area (Å²) in [5, 5.41) is 13.9. The minimum Gasteiger partial charge on any atom is -0.495 e. The van der Waals surface area contributed by atoms with E-state index in [0.29, 0.717) is 30.8 Å². The summed E-state index contributed by atoms with van der Waals surface area (Å²) in [4.78, 5) is 97.3. The maximum absolute atomic E-state index is 14.3. The largest absolute Gasteiger partial charge is 0.495 e. The number of methoxy groups -OCH3 is 2. The van der Waals surface area contributed by atoms with Crippen LogP contribution < -0.4 is 15.0 Å². The van der Waals surface area contributed by atoms with Crippen molar-refractivity contribution in [2.45, 2.75) is 146 Å². The van der Waals surface area contributed by atoms with Gasteiger partial charge in [0, 0.05) is 71.0 Å². The van der Waals surface area contributed by atoms with Gasteiger partial charge in [-0.1, -0.05) is 49.2 Å². The van der Waals surface area contributed by atoms with Crippen molar-refractivity contribution in [3.8, 4) is 5.75 Å². The van der Waals surface area contributed by atoms with Gasteiger partial charge in [-0.25, -0.2) is 9.59 Å². The average molecular weight is 988 g/mol. The lowest BCUT2D eigenvalue weighted by Crippen LogP contribution is -2.63. The molecule has 3 saturated heterocycles. The van der Waals surface area contributed by atoms with Crippen molar-refractivity contribution in [2.75, 3.05) is 45.5 Å². The molecular formula is C49H67ClN4O13S. The highest BCUT2D eigenvalue weighted by Gasteiger charge is 2.64. The van der Waals surface area contributed by atoms with Crippen molar-refractivity contribution in [3.63, 3.8) is 0 Å². The normalized spacial score (nSPS) is 32.8. The standard InChI is InChI=1S/C49H67ClN4O13S/c1-10-34(55)32-16-14-30(15-17-32)26-54-42(58)23-37(45(54)59)68-19-18-40(56)52(6)29(4)46(60)66-39-24-41(57)53(7)33-21-31(22-35(63-8)43(33)50)20-27(2)12-11-13-38(64-9)49(62)25-36(65-47(61)51-49)28(3)44-48(39,5)67-44/h11-13,21-22,28-30,32,36-39,44,62H,10,14-20,23-26H2,1-9H3,(H,51,61)/b13-11+,27-12+/t28-,29+,30?,32?,36+,37?,38-,39+,44+,48-,49+/m1/s1. The molecule has 17 nitrogen and oxygen atoms in total. The number of alkyl carbamates (subject to hydrolysis) is 1. The van der Waals surface area contributed by atoms with Gasteiger partial charge in [-0.3, -0.25) is 34.2 Å². The number of likely N-dealkylation sites (tertiary alicyclic amines) is 1. The molecule has 4 bridgehead atoms. The summed E-state index contributed by atoms with van der Waals surface area (Å²) in [5.41, 5.74) is -1.13.